The molecule has 0 aliphatic heterocycles. The summed E-state index contributed by atoms with van der Waals surface area (Å²) in [6.45, 7) is 5.25. The number of carbonyl (C=O) groups excluding carboxylic acids is 1. The second-order valence-electron chi connectivity index (χ2n) is 3.19. The zero-order valence-electron chi connectivity index (χ0n) is 9.13. The molecular weight excluding hydrogens is 190 g/mol. The second-order valence-corrected chi connectivity index (χ2v) is 3.19. The molecular formula is C11H17N3O. The summed E-state index contributed by atoms with van der Waals surface area (Å²) < 4.78 is 0. The first-order valence-corrected chi connectivity index (χ1v) is 5.10. The van der Waals surface area contributed by atoms with Gasteiger partial charge in [-0.2, -0.15) is 0 Å². The van der Waals surface area contributed by atoms with Crippen LogP contribution in [-0.4, -0.2) is 19.0 Å². The lowest BCUT2D eigenvalue weighted by molar-refractivity contribution is 0.0956. The van der Waals surface area contributed by atoms with Gasteiger partial charge in [-0.15, -0.1) is 0 Å². The van der Waals surface area contributed by atoms with E-state index in [-0.39, 0.29) is 5.91 Å². The summed E-state index contributed by atoms with van der Waals surface area (Å²) in [4.78, 5) is 11.7. The largest absolute Gasteiger partial charge is 0.399 e. The van der Waals surface area contributed by atoms with E-state index in [1.54, 1.807) is 12.1 Å². The topological polar surface area (TPSA) is 67.2 Å². The monoisotopic (exact) mass is 207 g/mol. The minimum Gasteiger partial charge on any atom is -0.399 e. The zero-order valence-corrected chi connectivity index (χ0v) is 9.13. The van der Waals surface area contributed by atoms with Crippen LogP contribution in [0.15, 0.2) is 18.2 Å². The standard InChI is InChI=1S/C11H17N3O/c1-3-13-10-6-5-8(12)7-9(10)11(15)14-4-2/h5-7,13H,3-4,12H2,1-2H3,(H,14,15). The molecule has 1 rings (SSSR count). The average molecular weight is 207 g/mol. The number of hydrogen-bond acceptors (Lipinski definition) is 3. The molecule has 0 radical (unpaired) electrons. The van der Waals surface area contributed by atoms with Crippen molar-refractivity contribution in [3.8, 4) is 0 Å². The van der Waals surface area contributed by atoms with Gasteiger partial charge in [-0.25, -0.2) is 0 Å². The summed E-state index contributed by atoms with van der Waals surface area (Å²) in [7, 11) is 0. The molecule has 0 spiro atoms. The van der Waals surface area contributed by atoms with Gasteiger partial charge in [-0.3, -0.25) is 4.79 Å². The summed E-state index contributed by atoms with van der Waals surface area (Å²) in [5, 5.41) is 5.88. The molecule has 0 saturated carbocycles. The highest BCUT2D eigenvalue weighted by Gasteiger charge is 2.09. The van der Waals surface area contributed by atoms with Gasteiger partial charge in [0.15, 0.2) is 0 Å². The Balaban J connectivity index is 3.00. The summed E-state index contributed by atoms with van der Waals surface area (Å²) in [6, 6.07) is 5.28. The molecule has 0 bridgehead atoms. The lowest BCUT2D eigenvalue weighted by Crippen LogP contribution is -2.24. The molecule has 4 N–H and O–H groups in total. The van der Waals surface area contributed by atoms with Crippen molar-refractivity contribution in [2.45, 2.75) is 13.8 Å². The normalized spacial score (nSPS) is 9.73. The van der Waals surface area contributed by atoms with Gasteiger partial charge in [0.2, 0.25) is 0 Å². The average Bonchev–Trinajstić information content (AvgIpc) is 2.21. The van der Waals surface area contributed by atoms with Crippen molar-refractivity contribution in [1.82, 2.24) is 5.32 Å². The van der Waals surface area contributed by atoms with Crippen LogP contribution in [0.2, 0.25) is 0 Å². The first-order valence-electron chi connectivity index (χ1n) is 5.10. The van der Waals surface area contributed by atoms with E-state index in [0.717, 1.165) is 12.2 Å². The van der Waals surface area contributed by atoms with Gasteiger partial charge >= 0.3 is 0 Å². The van der Waals surface area contributed by atoms with Crippen LogP contribution in [0.25, 0.3) is 0 Å². The summed E-state index contributed by atoms with van der Waals surface area (Å²) >= 11 is 0. The Hall–Kier alpha value is -1.71. The van der Waals surface area contributed by atoms with E-state index in [4.69, 9.17) is 5.73 Å². The minimum atomic E-state index is -0.0965. The van der Waals surface area contributed by atoms with Crippen molar-refractivity contribution in [1.29, 1.82) is 0 Å². The fourth-order valence-corrected chi connectivity index (χ4v) is 1.35. The van der Waals surface area contributed by atoms with Crippen LogP contribution in [0.1, 0.15) is 24.2 Å². The molecule has 0 aliphatic carbocycles. The second kappa shape index (κ2) is 5.24. The Morgan fingerprint density at radius 3 is 2.67 bits per heavy atom. The van der Waals surface area contributed by atoms with Crippen LogP contribution in [0.3, 0.4) is 0 Å². The quantitative estimate of drug-likeness (QED) is 0.655. The maximum atomic E-state index is 11.7. The van der Waals surface area contributed by atoms with Crippen LogP contribution < -0.4 is 16.4 Å². The van der Waals surface area contributed by atoms with E-state index in [1.807, 2.05) is 19.9 Å². The number of benzene rings is 1. The lowest BCUT2D eigenvalue weighted by atomic mass is 10.1. The molecule has 1 amide bonds. The van der Waals surface area contributed by atoms with Crippen LogP contribution in [0.5, 0.6) is 0 Å². The zero-order chi connectivity index (χ0) is 11.3. The van der Waals surface area contributed by atoms with Crippen LogP contribution in [0, 0.1) is 0 Å². The number of rotatable bonds is 4. The fraction of sp³-hybridized carbons (Fsp3) is 0.364. The number of amides is 1. The lowest BCUT2D eigenvalue weighted by Gasteiger charge is -2.10. The SMILES string of the molecule is CCNC(=O)c1cc(N)ccc1NCC. The molecule has 0 fully saturated rings. The maximum Gasteiger partial charge on any atom is 0.253 e. The van der Waals surface area contributed by atoms with E-state index in [2.05, 4.69) is 10.6 Å². The predicted molar refractivity (Wildman–Crippen MR) is 63.0 cm³/mol. The van der Waals surface area contributed by atoms with Gasteiger partial charge in [-0.05, 0) is 32.0 Å². The highest BCUT2D eigenvalue weighted by molar-refractivity contribution is 6.00. The molecule has 0 heterocycles. The van der Waals surface area contributed by atoms with Gasteiger partial charge < -0.3 is 16.4 Å². The summed E-state index contributed by atoms with van der Waals surface area (Å²) in [6.07, 6.45) is 0. The van der Waals surface area contributed by atoms with Crippen molar-refractivity contribution in [3.05, 3.63) is 23.8 Å². The van der Waals surface area contributed by atoms with Crippen LogP contribution in [-0.2, 0) is 0 Å². The third-order valence-corrected chi connectivity index (χ3v) is 1.99. The Labute approximate surface area is 89.9 Å². The van der Waals surface area contributed by atoms with Crippen molar-refractivity contribution >= 4 is 17.3 Å². The van der Waals surface area contributed by atoms with Gasteiger partial charge in [0.05, 0.1) is 5.56 Å². The highest BCUT2D eigenvalue weighted by Crippen LogP contribution is 2.18. The Morgan fingerprint density at radius 1 is 1.33 bits per heavy atom. The van der Waals surface area contributed by atoms with Crippen molar-refractivity contribution in [3.63, 3.8) is 0 Å². The minimum absolute atomic E-state index is 0.0965. The van der Waals surface area contributed by atoms with Crippen molar-refractivity contribution < 1.29 is 4.79 Å². The van der Waals surface area contributed by atoms with Crippen molar-refractivity contribution in [2.24, 2.45) is 0 Å². The first kappa shape index (κ1) is 11.4. The number of nitrogen functional groups attached to an aromatic ring is 1. The Bertz CT molecular complexity index is 350. The highest BCUT2D eigenvalue weighted by atomic mass is 16.1. The van der Waals surface area contributed by atoms with E-state index in [1.165, 1.54) is 0 Å². The smallest absolute Gasteiger partial charge is 0.253 e. The molecule has 0 atom stereocenters. The number of carbonyl (C=O) groups is 1. The number of nitrogens with one attached hydrogen (secondary N) is 2. The van der Waals surface area contributed by atoms with Crippen LogP contribution >= 0.6 is 0 Å². The summed E-state index contributed by atoms with van der Waals surface area (Å²) in [5.74, 6) is -0.0965. The molecule has 0 unspecified atom stereocenters. The Morgan fingerprint density at radius 2 is 2.07 bits per heavy atom. The number of hydrogen-bond donors (Lipinski definition) is 3. The molecule has 4 nitrogen and oxygen atoms in total. The van der Waals surface area contributed by atoms with Gasteiger partial charge in [0.25, 0.3) is 5.91 Å². The maximum absolute atomic E-state index is 11.7. The van der Waals surface area contributed by atoms with E-state index < -0.39 is 0 Å². The third kappa shape index (κ3) is 2.87. The molecule has 0 aromatic heterocycles. The fourth-order valence-electron chi connectivity index (χ4n) is 1.35. The van der Waals surface area contributed by atoms with Gasteiger partial charge in [-0.1, -0.05) is 0 Å². The third-order valence-electron chi connectivity index (χ3n) is 1.99. The van der Waals surface area contributed by atoms with E-state index in [0.29, 0.717) is 17.8 Å². The van der Waals surface area contributed by atoms with Gasteiger partial charge in [0.1, 0.15) is 0 Å². The molecule has 15 heavy (non-hydrogen) atoms. The van der Waals surface area contributed by atoms with Crippen molar-refractivity contribution in [2.75, 3.05) is 24.1 Å². The number of anilines is 2. The summed E-state index contributed by atoms with van der Waals surface area (Å²) in [5.41, 5.74) is 7.66. The molecule has 0 saturated heterocycles. The first-order chi connectivity index (χ1) is 7.19. The molecule has 82 valence electrons. The molecule has 1 aromatic carbocycles. The number of nitrogens with two attached hydrogens (primary N) is 1. The molecule has 0 aliphatic rings. The van der Waals surface area contributed by atoms with E-state index in [9.17, 15) is 4.79 Å². The van der Waals surface area contributed by atoms with E-state index >= 15 is 0 Å². The van der Waals surface area contributed by atoms with Gasteiger partial charge in [0, 0.05) is 24.5 Å². The predicted octanol–water partition coefficient (Wildman–Crippen LogP) is 1.45. The molecule has 4 heteroatoms. The van der Waals surface area contributed by atoms with Crippen LogP contribution in [0.4, 0.5) is 11.4 Å². The molecule has 1 aromatic rings. The Kier molecular flexibility index (Phi) is 3.97.